The third kappa shape index (κ3) is 3.53. The Morgan fingerprint density at radius 2 is 1.85 bits per heavy atom. The van der Waals surface area contributed by atoms with Gasteiger partial charge in [-0.3, -0.25) is 0 Å². The minimum Gasteiger partial charge on any atom is -0.497 e. The summed E-state index contributed by atoms with van der Waals surface area (Å²) in [6.07, 6.45) is 3.20. The predicted molar refractivity (Wildman–Crippen MR) is 109 cm³/mol. The summed E-state index contributed by atoms with van der Waals surface area (Å²) in [5.41, 5.74) is 2.33. The van der Waals surface area contributed by atoms with Gasteiger partial charge in [-0.05, 0) is 25.1 Å². The van der Waals surface area contributed by atoms with Crippen molar-refractivity contribution in [2.24, 2.45) is 0 Å². The lowest BCUT2D eigenvalue weighted by atomic mass is 10.2. The Morgan fingerprint density at radius 1 is 1.07 bits per heavy atom. The Kier molecular flexibility index (Phi) is 4.82. The van der Waals surface area contributed by atoms with Crippen LogP contribution in [-0.4, -0.2) is 27.0 Å². The minimum atomic E-state index is 0.479. The van der Waals surface area contributed by atoms with E-state index in [9.17, 15) is 0 Å². The Bertz CT molecular complexity index is 1120. The van der Waals surface area contributed by atoms with Crippen molar-refractivity contribution in [1.82, 2.24) is 19.9 Å². The van der Waals surface area contributed by atoms with Gasteiger partial charge in [0.15, 0.2) is 5.82 Å². The SMILES string of the molecule is COc1cc(Cl)c(-c2nc3ccnc(Nc4cc(C)ncn4)c3s2)c(Cl)c1. The molecule has 0 saturated heterocycles. The van der Waals surface area contributed by atoms with Gasteiger partial charge in [0.25, 0.3) is 0 Å². The first-order valence-electron chi connectivity index (χ1n) is 7.90. The molecule has 0 spiro atoms. The summed E-state index contributed by atoms with van der Waals surface area (Å²) < 4.78 is 6.08. The number of ether oxygens (including phenoxy) is 1. The van der Waals surface area contributed by atoms with Gasteiger partial charge in [-0.1, -0.05) is 23.2 Å². The molecule has 27 heavy (non-hydrogen) atoms. The number of hydrogen-bond donors (Lipinski definition) is 1. The summed E-state index contributed by atoms with van der Waals surface area (Å²) in [5, 5.41) is 4.89. The van der Waals surface area contributed by atoms with Gasteiger partial charge in [-0.15, -0.1) is 11.3 Å². The van der Waals surface area contributed by atoms with Crippen molar-refractivity contribution < 1.29 is 4.74 Å². The molecular formula is C18H13Cl2N5OS. The second-order valence-electron chi connectivity index (χ2n) is 5.66. The Morgan fingerprint density at radius 3 is 2.56 bits per heavy atom. The molecular weight excluding hydrogens is 405 g/mol. The molecule has 0 amide bonds. The molecule has 0 bridgehead atoms. The first-order valence-corrected chi connectivity index (χ1v) is 9.47. The van der Waals surface area contributed by atoms with Gasteiger partial charge in [-0.25, -0.2) is 19.9 Å². The molecule has 3 heterocycles. The summed E-state index contributed by atoms with van der Waals surface area (Å²) >= 11 is 14.3. The zero-order valence-electron chi connectivity index (χ0n) is 14.3. The van der Waals surface area contributed by atoms with Crippen molar-refractivity contribution in [3.8, 4) is 16.3 Å². The fourth-order valence-corrected chi connectivity index (χ4v) is 4.40. The van der Waals surface area contributed by atoms with Crippen LogP contribution in [0.15, 0.2) is 36.8 Å². The molecule has 0 unspecified atom stereocenters. The van der Waals surface area contributed by atoms with E-state index in [0.29, 0.717) is 38.0 Å². The molecule has 6 nitrogen and oxygen atoms in total. The Balaban J connectivity index is 1.80. The average Bonchev–Trinajstić information content (AvgIpc) is 3.05. The number of methoxy groups -OCH3 is 1. The van der Waals surface area contributed by atoms with Crippen LogP contribution in [-0.2, 0) is 0 Å². The van der Waals surface area contributed by atoms with Crippen LogP contribution in [0, 0.1) is 6.92 Å². The monoisotopic (exact) mass is 417 g/mol. The number of pyridine rings is 1. The number of aromatic nitrogens is 4. The lowest BCUT2D eigenvalue weighted by Crippen LogP contribution is -1.97. The normalized spacial score (nSPS) is 11.0. The number of rotatable bonds is 4. The van der Waals surface area contributed by atoms with E-state index in [0.717, 1.165) is 15.9 Å². The molecule has 0 saturated carbocycles. The molecule has 4 rings (SSSR count). The van der Waals surface area contributed by atoms with Crippen LogP contribution in [0.2, 0.25) is 10.0 Å². The van der Waals surface area contributed by atoms with Crippen LogP contribution in [0.1, 0.15) is 5.69 Å². The van der Waals surface area contributed by atoms with Crippen LogP contribution in [0.5, 0.6) is 5.75 Å². The number of nitrogens with zero attached hydrogens (tertiary/aromatic N) is 4. The van der Waals surface area contributed by atoms with E-state index in [-0.39, 0.29) is 0 Å². The van der Waals surface area contributed by atoms with Gasteiger partial charge in [-0.2, -0.15) is 0 Å². The first kappa shape index (κ1) is 17.9. The van der Waals surface area contributed by atoms with Gasteiger partial charge < -0.3 is 10.1 Å². The maximum absolute atomic E-state index is 6.42. The molecule has 136 valence electrons. The molecule has 0 radical (unpaired) electrons. The number of nitrogens with one attached hydrogen (secondary N) is 1. The number of hydrogen-bond acceptors (Lipinski definition) is 7. The fourth-order valence-electron chi connectivity index (χ4n) is 2.57. The van der Waals surface area contributed by atoms with Crippen LogP contribution in [0.25, 0.3) is 20.8 Å². The summed E-state index contributed by atoms with van der Waals surface area (Å²) in [7, 11) is 1.57. The van der Waals surface area contributed by atoms with E-state index < -0.39 is 0 Å². The average molecular weight is 418 g/mol. The maximum Gasteiger partial charge on any atom is 0.151 e. The maximum atomic E-state index is 6.42. The van der Waals surface area contributed by atoms with Gasteiger partial charge in [0, 0.05) is 23.5 Å². The molecule has 0 aliphatic rings. The molecule has 4 aromatic rings. The van der Waals surface area contributed by atoms with Crippen molar-refractivity contribution in [2.75, 3.05) is 12.4 Å². The first-order chi connectivity index (χ1) is 13.0. The highest BCUT2D eigenvalue weighted by Crippen LogP contribution is 2.42. The van der Waals surface area contributed by atoms with Crippen LogP contribution < -0.4 is 10.1 Å². The molecule has 1 aromatic carbocycles. The van der Waals surface area contributed by atoms with Crippen molar-refractivity contribution in [1.29, 1.82) is 0 Å². The van der Waals surface area contributed by atoms with Crippen molar-refractivity contribution >= 4 is 56.4 Å². The molecule has 1 N–H and O–H groups in total. The van der Waals surface area contributed by atoms with E-state index in [1.807, 2.05) is 19.1 Å². The summed E-state index contributed by atoms with van der Waals surface area (Å²) in [6.45, 7) is 1.90. The van der Waals surface area contributed by atoms with Crippen molar-refractivity contribution in [2.45, 2.75) is 6.92 Å². The topological polar surface area (TPSA) is 72.8 Å². The fraction of sp³-hybridized carbons (Fsp3) is 0.111. The quantitative estimate of drug-likeness (QED) is 0.471. The standard InChI is InChI=1S/C18H13Cl2N5OS/c1-9-5-14(23-8-22-9)25-17-16-13(3-4-21-17)24-18(27-16)15-11(19)6-10(26-2)7-12(15)20/h3-8H,1-2H3,(H,21,22,23,25). The number of benzene rings is 1. The van der Waals surface area contributed by atoms with Gasteiger partial charge in [0.05, 0.1) is 27.4 Å². The van der Waals surface area contributed by atoms with Crippen molar-refractivity contribution in [3.63, 3.8) is 0 Å². The van der Waals surface area contributed by atoms with Crippen molar-refractivity contribution in [3.05, 3.63) is 52.5 Å². The number of aryl methyl sites for hydroxylation is 1. The zero-order chi connectivity index (χ0) is 19.0. The van der Waals surface area contributed by atoms with E-state index >= 15 is 0 Å². The largest absolute Gasteiger partial charge is 0.497 e. The minimum absolute atomic E-state index is 0.479. The van der Waals surface area contributed by atoms with Gasteiger partial charge in [0.2, 0.25) is 0 Å². The molecule has 9 heteroatoms. The van der Waals surface area contributed by atoms with Crippen LogP contribution >= 0.6 is 34.5 Å². The van der Waals surface area contributed by atoms with Crippen LogP contribution in [0.4, 0.5) is 11.6 Å². The van der Waals surface area contributed by atoms with E-state index in [2.05, 4.69) is 25.3 Å². The third-order valence-corrected chi connectivity index (χ3v) is 5.51. The van der Waals surface area contributed by atoms with Crippen LogP contribution in [0.3, 0.4) is 0 Å². The van der Waals surface area contributed by atoms with E-state index in [4.69, 9.17) is 27.9 Å². The number of thiazole rings is 1. The van der Waals surface area contributed by atoms with E-state index in [1.165, 1.54) is 17.7 Å². The predicted octanol–water partition coefficient (Wildman–Crippen LogP) is 5.52. The lowest BCUT2D eigenvalue weighted by Gasteiger charge is -2.07. The molecule has 0 atom stereocenters. The van der Waals surface area contributed by atoms with Gasteiger partial charge >= 0.3 is 0 Å². The smallest absolute Gasteiger partial charge is 0.151 e. The number of halogens is 2. The van der Waals surface area contributed by atoms with Gasteiger partial charge in [0.1, 0.15) is 22.9 Å². The lowest BCUT2D eigenvalue weighted by molar-refractivity contribution is 0.415. The second-order valence-corrected chi connectivity index (χ2v) is 7.48. The Labute approximate surface area is 169 Å². The molecule has 0 fully saturated rings. The molecule has 0 aliphatic heterocycles. The summed E-state index contributed by atoms with van der Waals surface area (Å²) in [5.74, 6) is 1.92. The summed E-state index contributed by atoms with van der Waals surface area (Å²) in [4.78, 5) is 17.4. The number of anilines is 2. The highest BCUT2D eigenvalue weighted by Gasteiger charge is 2.17. The summed E-state index contributed by atoms with van der Waals surface area (Å²) in [6, 6.07) is 7.13. The molecule has 3 aromatic heterocycles. The Hall–Kier alpha value is -2.48. The molecule has 0 aliphatic carbocycles. The highest BCUT2D eigenvalue weighted by atomic mass is 35.5. The van der Waals surface area contributed by atoms with E-state index in [1.54, 1.807) is 25.4 Å². The zero-order valence-corrected chi connectivity index (χ0v) is 16.7. The number of fused-ring (bicyclic) bond motifs is 1. The third-order valence-electron chi connectivity index (χ3n) is 3.82. The second kappa shape index (κ2) is 7.26. The highest BCUT2D eigenvalue weighted by molar-refractivity contribution is 7.22.